The zero-order chi connectivity index (χ0) is 11.4. The van der Waals surface area contributed by atoms with E-state index in [4.69, 9.17) is 11.5 Å². The minimum Gasteiger partial charge on any atom is -0.397 e. The second-order valence-electron chi connectivity index (χ2n) is 3.62. The number of nitrogens with one attached hydrogen (secondary N) is 1. The molecule has 0 aliphatic rings. The molecule has 0 bridgehead atoms. The fourth-order valence-electron chi connectivity index (χ4n) is 1.54. The number of nitrogens with two attached hydrogens (primary N) is 2. The third-order valence-electron chi connectivity index (χ3n) is 2.40. The number of nitrogen functional groups attached to an aromatic ring is 1. The highest BCUT2D eigenvalue weighted by Crippen LogP contribution is 2.22. The largest absolute Gasteiger partial charge is 0.397 e. The average molecular weight is 213 g/mol. The number of benzene rings is 2. The van der Waals surface area contributed by atoms with Crippen LogP contribution in [0.25, 0.3) is 0 Å². The molecule has 5 N–H and O–H groups in total. The Labute approximate surface area is 95.1 Å². The predicted octanol–water partition coefficient (Wildman–Crippen LogP) is 2.47. The Hall–Kier alpha value is -2.00. The third kappa shape index (κ3) is 2.32. The van der Waals surface area contributed by atoms with E-state index in [9.17, 15) is 0 Å². The minimum absolute atomic E-state index is 0.541. The van der Waals surface area contributed by atoms with Crippen LogP contribution in [0.3, 0.4) is 0 Å². The maximum atomic E-state index is 5.85. The van der Waals surface area contributed by atoms with Gasteiger partial charge in [0.05, 0.1) is 11.4 Å². The lowest BCUT2D eigenvalue weighted by atomic mass is 10.2. The summed E-state index contributed by atoms with van der Waals surface area (Å²) in [7, 11) is 0. The van der Waals surface area contributed by atoms with Gasteiger partial charge in [-0.25, -0.2) is 0 Å². The van der Waals surface area contributed by atoms with Gasteiger partial charge in [0.15, 0.2) is 0 Å². The van der Waals surface area contributed by atoms with Crippen molar-refractivity contribution in [3.05, 3.63) is 54.1 Å². The van der Waals surface area contributed by atoms with Crippen LogP contribution in [-0.4, -0.2) is 0 Å². The van der Waals surface area contributed by atoms with Crippen LogP contribution in [0, 0.1) is 0 Å². The molecule has 82 valence electrons. The lowest BCUT2D eigenvalue weighted by Gasteiger charge is -2.09. The van der Waals surface area contributed by atoms with Crippen LogP contribution in [0.2, 0.25) is 0 Å². The third-order valence-corrected chi connectivity index (χ3v) is 2.40. The van der Waals surface area contributed by atoms with E-state index in [1.54, 1.807) is 0 Å². The molecule has 3 nitrogen and oxygen atoms in total. The van der Waals surface area contributed by atoms with Crippen molar-refractivity contribution in [3.63, 3.8) is 0 Å². The molecule has 0 atom stereocenters. The van der Waals surface area contributed by atoms with Crippen molar-refractivity contribution in [1.82, 2.24) is 0 Å². The first-order chi connectivity index (χ1) is 7.79. The highest BCUT2D eigenvalue weighted by Gasteiger charge is 1.98. The molecule has 2 aromatic carbocycles. The molecule has 2 aromatic rings. The smallest absolute Gasteiger partial charge is 0.0617 e. The summed E-state index contributed by atoms with van der Waals surface area (Å²) in [6, 6.07) is 15.7. The van der Waals surface area contributed by atoms with Crippen molar-refractivity contribution in [2.24, 2.45) is 5.73 Å². The van der Waals surface area contributed by atoms with Crippen LogP contribution >= 0.6 is 0 Å². The van der Waals surface area contributed by atoms with Crippen LogP contribution in [0.15, 0.2) is 48.5 Å². The molecule has 0 radical (unpaired) electrons. The minimum atomic E-state index is 0.541. The Balaban J connectivity index is 2.24. The highest BCUT2D eigenvalue weighted by atomic mass is 14.9. The molecule has 0 saturated heterocycles. The Morgan fingerprint density at radius 1 is 1.00 bits per heavy atom. The maximum absolute atomic E-state index is 5.85. The molecule has 0 saturated carbocycles. The van der Waals surface area contributed by atoms with Gasteiger partial charge in [-0.3, -0.25) is 0 Å². The number of anilines is 3. The van der Waals surface area contributed by atoms with Crippen LogP contribution in [0.5, 0.6) is 0 Å². The van der Waals surface area contributed by atoms with Crippen LogP contribution < -0.4 is 16.8 Å². The summed E-state index contributed by atoms with van der Waals surface area (Å²) in [6.07, 6.45) is 0. The molecular formula is C13H15N3. The molecule has 0 amide bonds. The SMILES string of the molecule is NCc1cccc(Nc2ccccc2N)c1. The Bertz CT molecular complexity index is 480. The van der Waals surface area contributed by atoms with E-state index in [0.717, 1.165) is 22.6 Å². The van der Waals surface area contributed by atoms with Crippen molar-refractivity contribution in [2.45, 2.75) is 6.54 Å². The fraction of sp³-hybridized carbons (Fsp3) is 0.0769. The standard InChI is InChI=1S/C13H15N3/c14-9-10-4-3-5-11(8-10)16-13-7-2-1-6-12(13)15/h1-8,16H,9,14-15H2. The molecule has 0 aliphatic heterocycles. The molecule has 16 heavy (non-hydrogen) atoms. The molecule has 0 heterocycles. The van der Waals surface area contributed by atoms with Gasteiger partial charge in [0.25, 0.3) is 0 Å². The lowest BCUT2D eigenvalue weighted by molar-refractivity contribution is 1.07. The van der Waals surface area contributed by atoms with E-state index in [-0.39, 0.29) is 0 Å². The second kappa shape index (κ2) is 4.68. The van der Waals surface area contributed by atoms with Gasteiger partial charge in [-0.1, -0.05) is 24.3 Å². The zero-order valence-electron chi connectivity index (χ0n) is 8.98. The summed E-state index contributed by atoms with van der Waals surface area (Å²) >= 11 is 0. The van der Waals surface area contributed by atoms with Gasteiger partial charge < -0.3 is 16.8 Å². The molecular weight excluding hydrogens is 198 g/mol. The van der Waals surface area contributed by atoms with Gasteiger partial charge in [-0.15, -0.1) is 0 Å². The van der Waals surface area contributed by atoms with Gasteiger partial charge in [0.1, 0.15) is 0 Å². The summed E-state index contributed by atoms with van der Waals surface area (Å²) < 4.78 is 0. The first-order valence-electron chi connectivity index (χ1n) is 5.20. The van der Waals surface area contributed by atoms with E-state index >= 15 is 0 Å². The second-order valence-corrected chi connectivity index (χ2v) is 3.62. The van der Waals surface area contributed by atoms with Crippen molar-refractivity contribution >= 4 is 17.1 Å². The van der Waals surface area contributed by atoms with Gasteiger partial charge in [-0.05, 0) is 29.8 Å². The first kappa shape index (κ1) is 10.5. The number of hydrogen-bond donors (Lipinski definition) is 3. The molecule has 0 aliphatic carbocycles. The van der Waals surface area contributed by atoms with E-state index in [0.29, 0.717) is 6.54 Å². The number of rotatable bonds is 3. The van der Waals surface area contributed by atoms with E-state index in [1.807, 2.05) is 48.5 Å². The number of hydrogen-bond acceptors (Lipinski definition) is 3. The van der Waals surface area contributed by atoms with Crippen LogP contribution in [0.1, 0.15) is 5.56 Å². The summed E-state index contributed by atoms with van der Waals surface area (Å²) in [5.41, 5.74) is 15.2. The molecule has 2 rings (SSSR count). The van der Waals surface area contributed by atoms with E-state index in [2.05, 4.69) is 5.32 Å². The van der Waals surface area contributed by atoms with Gasteiger partial charge in [0.2, 0.25) is 0 Å². The molecule has 0 aromatic heterocycles. The van der Waals surface area contributed by atoms with Gasteiger partial charge >= 0.3 is 0 Å². The number of para-hydroxylation sites is 2. The zero-order valence-corrected chi connectivity index (χ0v) is 8.98. The van der Waals surface area contributed by atoms with Crippen molar-refractivity contribution in [1.29, 1.82) is 0 Å². The highest BCUT2D eigenvalue weighted by molar-refractivity contribution is 5.72. The molecule has 3 heteroatoms. The first-order valence-corrected chi connectivity index (χ1v) is 5.20. The van der Waals surface area contributed by atoms with Crippen molar-refractivity contribution in [2.75, 3.05) is 11.1 Å². The quantitative estimate of drug-likeness (QED) is 0.686. The molecule has 0 unspecified atom stereocenters. The molecule has 0 spiro atoms. The predicted molar refractivity (Wildman–Crippen MR) is 68.5 cm³/mol. The van der Waals surface area contributed by atoms with Crippen LogP contribution in [0.4, 0.5) is 17.1 Å². The molecule has 0 fully saturated rings. The normalized spacial score (nSPS) is 10.1. The van der Waals surface area contributed by atoms with E-state index < -0.39 is 0 Å². The van der Waals surface area contributed by atoms with E-state index in [1.165, 1.54) is 0 Å². The van der Waals surface area contributed by atoms with Crippen molar-refractivity contribution < 1.29 is 0 Å². The monoisotopic (exact) mass is 213 g/mol. The Kier molecular flexibility index (Phi) is 3.08. The summed E-state index contributed by atoms with van der Waals surface area (Å²) in [5.74, 6) is 0. The van der Waals surface area contributed by atoms with Crippen LogP contribution in [-0.2, 0) is 6.54 Å². The maximum Gasteiger partial charge on any atom is 0.0617 e. The van der Waals surface area contributed by atoms with Gasteiger partial charge in [-0.2, -0.15) is 0 Å². The lowest BCUT2D eigenvalue weighted by Crippen LogP contribution is -1.99. The average Bonchev–Trinajstić information content (AvgIpc) is 2.32. The summed E-state index contributed by atoms with van der Waals surface area (Å²) in [4.78, 5) is 0. The summed E-state index contributed by atoms with van der Waals surface area (Å²) in [5, 5.41) is 3.27. The Morgan fingerprint density at radius 3 is 2.56 bits per heavy atom. The van der Waals surface area contributed by atoms with Gasteiger partial charge in [0, 0.05) is 12.2 Å². The Morgan fingerprint density at radius 2 is 1.81 bits per heavy atom. The van der Waals surface area contributed by atoms with Crippen molar-refractivity contribution in [3.8, 4) is 0 Å². The summed E-state index contributed by atoms with van der Waals surface area (Å²) in [6.45, 7) is 0.541. The topological polar surface area (TPSA) is 64.1 Å². The fourth-order valence-corrected chi connectivity index (χ4v) is 1.54.